The van der Waals surface area contributed by atoms with Crippen molar-refractivity contribution < 1.29 is 4.42 Å². The molecule has 1 unspecified atom stereocenters. The molecule has 1 aromatic rings. The van der Waals surface area contributed by atoms with Gasteiger partial charge in [-0.3, -0.25) is 0 Å². The van der Waals surface area contributed by atoms with E-state index in [-0.39, 0.29) is 0 Å². The van der Waals surface area contributed by atoms with Gasteiger partial charge < -0.3 is 9.73 Å². The molecular weight excluding hydrogens is 198 g/mol. The monoisotopic (exact) mass is 223 g/mol. The largest absolute Gasteiger partial charge is 0.472 e. The molecule has 2 nitrogen and oxygen atoms in total. The lowest BCUT2D eigenvalue weighted by Crippen LogP contribution is -2.35. The molecule has 92 valence electrons. The molecule has 0 radical (unpaired) electrons. The van der Waals surface area contributed by atoms with E-state index < -0.39 is 0 Å². The summed E-state index contributed by atoms with van der Waals surface area (Å²) in [4.78, 5) is 0. The molecule has 1 heterocycles. The molecular formula is C14H25NO. The predicted molar refractivity (Wildman–Crippen MR) is 68.6 cm³/mol. The minimum absolute atomic E-state index is 0.581. The Bertz CT molecular complexity index is 250. The summed E-state index contributed by atoms with van der Waals surface area (Å²) in [7, 11) is 2.07. The lowest BCUT2D eigenvalue weighted by atomic mass is 9.87. The highest BCUT2D eigenvalue weighted by Crippen LogP contribution is 2.21. The van der Waals surface area contributed by atoms with Gasteiger partial charge in [0.1, 0.15) is 0 Å². The lowest BCUT2D eigenvalue weighted by molar-refractivity contribution is 0.322. The maximum Gasteiger partial charge on any atom is 0.0935 e. The van der Waals surface area contributed by atoms with Crippen molar-refractivity contribution in [3.05, 3.63) is 24.2 Å². The summed E-state index contributed by atoms with van der Waals surface area (Å²) in [5.41, 5.74) is 1.30. The van der Waals surface area contributed by atoms with E-state index in [9.17, 15) is 0 Å². The van der Waals surface area contributed by atoms with Crippen LogP contribution in [-0.4, -0.2) is 13.1 Å². The fourth-order valence-electron chi connectivity index (χ4n) is 2.46. The van der Waals surface area contributed by atoms with Crippen LogP contribution in [0, 0.1) is 5.92 Å². The van der Waals surface area contributed by atoms with Crippen LogP contribution in [0.5, 0.6) is 0 Å². The molecule has 1 rings (SSSR count). The summed E-state index contributed by atoms with van der Waals surface area (Å²) in [5.74, 6) is 0.787. The van der Waals surface area contributed by atoms with Gasteiger partial charge in [-0.25, -0.2) is 0 Å². The lowest BCUT2D eigenvalue weighted by Gasteiger charge is -2.26. The van der Waals surface area contributed by atoms with E-state index >= 15 is 0 Å². The van der Waals surface area contributed by atoms with Crippen LogP contribution in [0.2, 0.25) is 0 Å². The van der Waals surface area contributed by atoms with Gasteiger partial charge in [0.05, 0.1) is 12.5 Å². The number of rotatable bonds is 8. The van der Waals surface area contributed by atoms with Gasteiger partial charge in [-0.2, -0.15) is 0 Å². The van der Waals surface area contributed by atoms with Gasteiger partial charge in [0.15, 0.2) is 0 Å². The fourth-order valence-corrected chi connectivity index (χ4v) is 2.46. The van der Waals surface area contributed by atoms with E-state index in [2.05, 4.69) is 32.3 Å². The molecule has 0 saturated carbocycles. The molecule has 0 spiro atoms. The van der Waals surface area contributed by atoms with Crippen molar-refractivity contribution in [3.63, 3.8) is 0 Å². The smallest absolute Gasteiger partial charge is 0.0935 e. The van der Waals surface area contributed by atoms with Crippen molar-refractivity contribution in [1.29, 1.82) is 0 Å². The molecule has 2 heteroatoms. The quantitative estimate of drug-likeness (QED) is 0.728. The van der Waals surface area contributed by atoms with Crippen LogP contribution < -0.4 is 5.32 Å². The third-order valence-electron chi connectivity index (χ3n) is 3.29. The van der Waals surface area contributed by atoms with Gasteiger partial charge in [-0.1, -0.05) is 26.7 Å². The van der Waals surface area contributed by atoms with E-state index in [1.54, 1.807) is 6.26 Å². The third kappa shape index (κ3) is 4.01. The van der Waals surface area contributed by atoms with Crippen molar-refractivity contribution in [2.24, 2.45) is 5.92 Å². The van der Waals surface area contributed by atoms with Crippen LogP contribution in [-0.2, 0) is 6.42 Å². The standard InChI is InChI=1S/C14H25NO/c1-4-6-13(7-5-2)14(15-3)10-12-8-9-16-11-12/h8-9,11,13-15H,4-7,10H2,1-3H3. The highest BCUT2D eigenvalue weighted by molar-refractivity contribution is 5.07. The summed E-state index contributed by atoms with van der Waals surface area (Å²) in [5, 5.41) is 3.47. The zero-order valence-corrected chi connectivity index (χ0v) is 10.8. The summed E-state index contributed by atoms with van der Waals surface area (Å²) >= 11 is 0. The number of hydrogen-bond acceptors (Lipinski definition) is 2. The van der Waals surface area contributed by atoms with E-state index in [0.717, 1.165) is 12.3 Å². The van der Waals surface area contributed by atoms with Crippen molar-refractivity contribution in [2.45, 2.75) is 52.0 Å². The minimum Gasteiger partial charge on any atom is -0.472 e. The third-order valence-corrected chi connectivity index (χ3v) is 3.29. The molecule has 1 atom stereocenters. The average molecular weight is 223 g/mol. The Morgan fingerprint density at radius 2 is 1.94 bits per heavy atom. The normalized spacial score (nSPS) is 13.2. The molecule has 0 amide bonds. The van der Waals surface area contributed by atoms with Gasteiger partial charge in [0.25, 0.3) is 0 Å². The summed E-state index contributed by atoms with van der Waals surface area (Å²) in [6.45, 7) is 4.54. The molecule has 1 aromatic heterocycles. The van der Waals surface area contributed by atoms with Crippen LogP contribution in [0.15, 0.2) is 23.0 Å². The summed E-state index contributed by atoms with van der Waals surface area (Å²) < 4.78 is 5.13. The van der Waals surface area contributed by atoms with Gasteiger partial charge in [0.2, 0.25) is 0 Å². The van der Waals surface area contributed by atoms with Crippen LogP contribution >= 0.6 is 0 Å². The number of hydrogen-bond donors (Lipinski definition) is 1. The maximum absolute atomic E-state index is 5.13. The topological polar surface area (TPSA) is 25.2 Å². The zero-order chi connectivity index (χ0) is 11.8. The highest BCUT2D eigenvalue weighted by atomic mass is 16.3. The Kier molecular flexibility index (Phi) is 6.24. The first-order chi connectivity index (χ1) is 7.81. The van der Waals surface area contributed by atoms with Gasteiger partial charge >= 0.3 is 0 Å². The molecule has 1 N–H and O–H groups in total. The second-order valence-corrected chi connectivity index (χ2v) is 4.57. The molecule has 0 aliphatic rings. The SMILES string of the molecule is CCCC(CCC)C(Cc1ccoc1)NC. The summed E-state index contributed by atoms with van der Waals surface area (Å²) in [6, 6.07) is 2.65. The van der Waals surface area contributed by atoms with E-state index in [1.807, 2.05) is 6.26 Å². The van der Waals surface area contributed by atoms with Crippen LogP contribution in [0.1, 0.15) is 45.1 Å². The van der Waals surface area contributed by atoms with E-state index in [1.165, 1.54) is 31.2 Å². The van der Waals surface area contributed by atoms with Crippen LogP contribution in [0.25, 0.3) is 0 Å². The number of furan rings is 1. The second kappa shape index (κ2) is 7.50. The Morgan fingerprint density at radius 1 is 1.25 bits per heavy atom. The molecule has 0 aromatic carbocycles. The van der Waals surface area contributed by atoms with E-state index in [0.29, 0.717) is 6.04 Å². The van der Waals surface area contributed by atoms with Crippen molar-refractivity contribution >= 4 is 0 Å². The van der Waals surface area contributed by atoms with Gasteiger partial charge in [-0.15, -0.1) is 0 Å². The molecule has 0 bridgehead atoms. The zero-order valence-electron chi connectivity index (χ0n) is 10.8. The first-order valence-electron chi connectivity index (χ1n) is 6.50. The van der Waals surface area contributed by atoms with Crippen LogP contribution in [0.4, 0.5) is 0 Å². The first-order valence-corrected chi connectivity index (χ1v) is 6.50. The Balaban J connectivity index is 2.55. The highest BCUT2D eigenvalue weighted by Gasteiger charge is 2.19. The molecule has 16 heavy (non-hydrogen) atoms. The molecule has 0 saturated heterocycles. The number of likely N-dealkylation sites (N-methyl/N-ethyl adjacent to an activating group) is 1. The van der Waals surface area contributed by atoms with Crippen molar-refractivity contribution in [2.75, 3.05) is 7.05 Å². The second-order valence-electron chi connectivity index (χ2n) is 4.57. The van der Waals surface area contributed by atoms with Crippen LogP contribution in [0.3, 0.4) is 0 Å². The maximum atomic E-state index is 5.13. The molecule has 0 fully saturated rings. The minimum atomic E-state index is 0.581. The first kappa shape index (κ1) is 13.3. The van der Waals surface area contributed by atoms with E-state index in [4.69, 9.17) is 4.42 Å². The number of nitrogens with one attached hydrogen (secondary N) is 1. The fraction of sp³-hybridized carbons (Fsp3) is 0.714. The predicted octanol–water partition coefficient (Wildman–Crippen LogP) is 3.63. The average Bonchev–Trinajstić information content (AvgIpc) is 2.78. The van der Waals surface area contributed by atoms with Crippen molar-refractivity contribution in [3.8, 4) is 0 Å². The molecule has 0 aliphatic carbocycles. The Morgan fingerprint density at radius 3 is 2.38 bits per heavy atom. The molecule has 0 aliphatic heterocycles. The van der Waals surface area contributed by atoms with Gasteiger partial charge in [0, 0.05) is 6.04 Å². The van der Waals surface area contributed by atoms with Gasteiger partial charge in [-0.05, 0) is 43.9 Å². The van der Waals surface area contributed by atoms with Crippen molar-refractivity contribution in [1.82, 2.24) is 5.32 Å². The Hall–Kier alpha value is -0.760. The summed E-state index contributed by atoms with van der Waals surface area (Å²) in [6.07, 6.45) is 9.88. The Labute approximate surface area is 99.4 Å².